The first kappa shape index (κ1) is 14.0. The lowest BCUT2D eigenvalue weighted by Crippen LogP contribution is -2.49. The van der Waals surface area contributed by atoms with E-state index in [1.54, 1.807) is 0 Å². The summed E-state index contributed by atoms with van der Waals surface area (Å²) in [7, 11) is 0. The Morgan fingerprint density at radius 3 is 2.22 bits per heavy atom. The Morgan fingerprint density at radius 2 is 1.89 bits per heavy atom. The van der Waals surface area contributed by atoms with Crippen LogP contribution in [-0.2, 0) is 4.79 Å². The van der Waals surface area contributed by atoms with E-state index in [1.165, 1.54) is 12.8 Å². The minimum atomic E-state index is -0.211. The van der Waals surface area contributed by atoms with Gasteiger partial charge in [-0.2, -0.15) is 0 Å². The standard InChI is InChI=1S/C16H29NO/c1-7-17-11-16(9-8-15(16,5)6)10-12(17)13(18)14(2,3)4/h12H,7-11H2,1-6H3/t12-,16?/m0/s1. The van der Waals surface area contributed by atoms with Crippen molar-refractivity contribution in [3.63, 3.8) is 0 Å². The molecule has 2 rings (SSSR count). The minimum Gasteiger partial charge on any atom is -0.297 e. The second kappa shape index (κ2) is 4.06. The molecule has 0 radical (unpaired) electrons. The molecule has 104 valence electrons. The monoisotopic (exact) mass is 251 g/mol. The first-order valence-corrected chi connectivity index (χ1v) is 7.41. The molecule has 1 aliphatic heterocycles. The Morgan fingerprint density at radius 1 is 1.28 bits per heavy atom. The summed E-state index contributed by atoms with van der Waals surface area (Å²) in [5.74, 6) is 0.434. The summed E-state index contributed by atoms with van der Waals surface area (Å²) in [4.78, 5) is 15.1. The van der Waals surface area contributed by atoms with E-state index in [9.17, 15) is 4.79 Å². The van der Waals surface area contributed by atoms with Crippen molar-refractivity contribution >= 4 is 5.78 Å². The zero-order valence-electron chi connectivity index (χ0n) is 13.0. The second-order valence-corrected chi connectivity index (χ2v) is 8.06. The highest BCUT2D eigenvalue weighted by Gasteiger charge is 2.59. The zero-order chi connectivity index (χ0) is 13.8. The van der Waals surface area contributed by atoms with E-state index in [2.05, 4.69) is 46.4 Å². The summed E-state index contributed by atoms with van der Waals surface area (Å²) < 4.78 is 0. The van der Waals surface area contributed by atoms with E-state index in [1.807, 2.05) is 0 Å². The predicted molar refractivity (Wildman–Crippen MR) is 75.6 cm³/mol. The Bertz CT molecular complexity index is 353. The summed E-state index contributed by atoms with van der Waals surface area (Å²) in [6.45, 7) is 15.3. The van der Waals surface area contributed by atoms with Gasteiger partial charge in [-0.05, 0) is 36.6 Å². The molecule has 2 aliphatic rings. The molecule has 2 atom stereocenters. The van der Waals surface area contributed by atoms with Gasteiger partial charge in [0.05, 0.1) is 6.04 Å². The van der Waals surface area contributed by atoms with Crippen molar-refractivity contribution < 1.29 is 4.79 Å². The van der Waals surface area contributed by atoms with E-state index in [0.717, 1.165) is 19.5 Å². The molecule has 18 heavy (non-hydrogen) atoms. The first-order chi connectivity index (χ1) is 8.13. The molecule has 1 aliphatic carbocycles. The number of ketones is 1. The molecule has 0 aromatic carbocycles. The maximum Gasteiger partial charge on any atom is 0.155 e. The normalized spacial score (nSPS) is 35.8. The maximum atomic E-state index is 12.6. The number of Topliss-reactive ketones (excluding diaryl/α,β-unsaturated/α-hetero) is 1. The number of hydrogen-bond donors (Lipinski definition) is 0. The fraction of sp³-hybridized carbons (Fsp3) is 0.938. The smallest absolute Gasteiger partial charge is 0.155 e. The van der Waals surface area contributed by atoms with Crippen LogP contribution >= 0.6 is 0 Å². The molecule has 1 unspecified atom stereocenters. The zero-order valence-corrected chi connectivity index (χ0v) is 13.0. The van der Waals surface area contributed by atoms with Crippen LogP contribution in [-0.4, -0.2) is 29.8 Å². The maximum absolute atomic E-state index is 12.6. The minimum absolute atomic E-state index is 0.162. The predicted octanol–water partition coefficient (Wildman–Crippen LogP) is 3.50. The summed E-state index contributed by atoms with van der Waals surface area (Å²) >= 11 is 0. The molecule has 2 nitrogen and oxygen atoms in total. The lowest BCUT2D eigenvalue weighted by atomic mass is 9.50. The molecule has 2 fully saturated rings. The third-order valence-electron chi connectivity index (χ3n) is 5.64. The van der Waals surface area contributed by atoms with Gasteiger partial charge in [0.15, 0.2) is 5.78 Å². The SMILES string of the molecule is CCN1CC2(CCC2(C)C)C[C@H]1C(=O)C(C)(C)C. The van der Waals surface area contributed by atoms with Crippen LogP contribution in [0.5, 0.6) is 0 Å². The van der Waals surface area contributed by atoms with Crippen molar-refractivity contribution in [3.8, 4) is 0 Å². The summed E-state index contributed by atoms with van der Waals surface area (Å²) in [5, 5.41) is 0. The molecule has 0 N–H and O–H groups in total. The highest BCUT2D eigenvalue weighted by atomic mass is 16.1. The van der Waals surface area contributed by atoms with Crippen LogP contribution in [0.1, 0.15) is 60.8 Å². The Labute approximate surface area is 112 Å². The Balaban J connectivity index is 2.21. The number of carbonyl (C=O) groups is 1. The number of nitrogens with zero attached hydrogens (tertiary/aromatic N) is 1. The van der Waals surface area contributed by atoms with Crippen molar-refractivity contribution in [2.24, 2.45) is 16.2 Å². The van der Waals surface area contributed by atoms with Gasteiger partial charge in [-0.25, -0.2) is 0 Å². The largest absolute Gasteiger partial charge is 0.297 e. The molecule has 1 saturated carbocycles. The summed E-state index contributed by atoms with van der Waals surface area (Å²) in [6.07, 6.45) is 3.72. The molecular weight excluding hydrogens is 222 g/mol. The van der Waals surface area contributed by atoms with Crippen molar-refractivity contribution in [2.75, 3.05) is 13.1 Å². The van der Waals surface area contributed by atoms with Gasteiger partial charge >= 0.3 is 0 Å². The molecule has 1 heterocycles. The highest BCUT2D eigenvalue weighted by molar-refractivity contribution is 5.89. The first-order valence-electron chi connectivity index (χ1n) is 7.41. The van der Waals surface area contributed by atoms with Crippen molar-refractivity contribution in [3.05, 3.63) is 0 Å². The van der Waals surface area contributed by atoms with Gasteiger partial charge in [-0.15, -0.1) is 0 Å². The average molecular weight is 251 g/mol. The number of carbonyl (C=O) groups excluding carboxylic acids is 1. The fourth-order valence-corrected chi connectivity index (χ4v) is 3.80. The highest BCUT2D eigenvalue weighted by Crippen LogP contribution is 2.62. The van der Waals surface area contributed by atoms with Crippen LogP contribution in [0, 0.1) is 16.2 Å². The number of likely N-dealkylation sites (N-methyl/N-ethyl adjacent to an activating group) is 1. The third kappa shape index (κ3) is 1.93. The van der Waals surface area contributed by atoms with Gasteiger partial charge in [0, 0.05) is 12.0 Å². The Kier molecular flexibility index (Phi) is 3.17. The lowest BCUT2D eigenvalue weighted by molar-refractivity contribution is -0.131. The quantitative estimate of drug-likeness (QED) is 0.748. The van der Waals surface area contributed by atoms with E-state index >= 15 is 0 Å². The van der Waals surface area contributed by atoms with Crippen LogP contribution in [0.4, 0.5) is 0 Å². The van der Waals surface area contributed by atoms with Crippen molar-refractivity contribution in [1.29, 1.82) is 0 Å². The van der Waals surface area contributed by atoms with Crippen LogP contribution in [0.25, 0.3) is 0 Å². The second-order valence-electron chi connectivity index (χ2n) is 8.06. The molecule has 1 spiro atoms. The van der Waals surface area contributed by atoms with Crippen LogP contribution in [0.15, 0.2) is 0 Å². The molecule has 0 bridgehead atoms. The molecule has 0 aromatic rings. The van der Waals surface area contributed by atoms with E-state index in [0.29, 0.717) is 16.6 Å². The Hall–Kier alpha value is -0.370. The van der Waals surface area contributed by atoms with E-state index < -0.39 is 0 Å². The van der Waals surface area contributed by atoms with Crippen molar-refractivity contribution in [1.82, 2.24) is 4.90 Å². The van der Waals surface area contributed by atoms with Gasteiger partial charge in [-0.3, -0.25) is 9.69 Å². The summed E-state index contributed by atoms with van der Waals surface area (Å²) in [5.41, 5.74) is 0.624. The van der Waals surface area contributed by atoms with Gasteiger partial charge in [0.25, 0.3) is 0 Å². The van der Waals surface area contributed by atoms with Crippen molar-refractivity contribution in [2.45, 2.75) is 66.8 Å². The van der Waals surface area contributed by atoms with Crippen LogP contribution in [0.2, 0.25) is 0 Å². The topological polar surface area (TPSA) is 20.3 Å². The van der Waals surface area contributed by atoms with Gasteiger partial charge in [0.2, 0.25) is 0 Å². The number of hydrogen-bond acceptors (Lipinski definition) is 2. The van der Waals surface area contributed by atoms with Gasteiger partial charge in [-0.1, -0.05) is 41.5 Å². The van der Waals surface area contributed by atoms with Crippen LogP contribution < -0.4 is 0 Å². The summed E-state index contributed by atoms with van der Waals surface area (Å²) in [6, 6.07) is 0.162. The van der Waals surface area contributed by atoms with E-state index in [4.69, 9.17) is 0 Å². The molecule has 2 heteroatoms. The fourth-order valence-electron chi connectivity index (χ4n) is 3.80. The lowest BCUT2D eigenvalue weighted by Gasteiger charge is -2.54. The number of likely N-dealkylation sites (tertiary alicyclic amines) is 1. The average Bonchev–Trinajstić information content (AvgIpc) is 2.67. The van der Waals surface area contributed by atoms with E-state index in [-0.39, 0.29) is 11.5 Å². The third-order valence-corrected chi connectivity index (χ3v) is 5.64. The number of rotatable bonds is 2. The molecule has 0 aromatic heterocycles. The molecule has 0 amide bonds. The van der Waals surface area contributed by atoms with Gasteiger partial charge in [0.1, 0.15) is 0 Å². The van der Waals surface area contributed by atoms with Gasteiger partial charge < -0.3 is 0 Å². The molecule has 1 saturated heterocycles. The van der Waals surface area contributed by atoms with Crippen LogP contribution in [0.3, 0.4) is 0 Å². The molecular formula is C16H29NO.